The van der Waals surface area contributed by atoms with Gasteiger partial charge in [0.05, 0.1) is 5.52 Å². The Balaban J connectivity index is 2.48. The molecule has 92 valence electrons. The van der Waals surface area contributed by atoms with Crippen LogP contribution in [-0.2, 0) is 6.42 Å². The lowest BCUT2D eigenvalue weighted by Gasteiger charge is -2.08. The zero-order valence-corrected chi connectivity index (χ0v) is 9.72. The molecule has 17 heavy (non-hydrogen) atoms. The van der Waals surface area contributed by atoms with Crippen molar-refractivity contribution in [2.24, 2.45) is 0 Å². The Bertz CT molecular complexity index is 549. The second-order valence-electron chi connectivity index (χ2n) is 4.31. The van der Waals surface area contributed by atoms with Crippen LogP contribution in [0.2, 0.25) is 0 Å². The second kappa shape index (κ2) is 4.33. The number of nitrogens with zero attached hydrogens (tertiary/aromatic N) is 1. The fourth-order valence-corrected chi connectivity index (χ4v) is 1.83. The number of likely N-dealkylation sites (N-methyl/N-ethyl adjacent to an activating group) is 1. The highest BCUT2D eigenvalue weighted by atomic mass is 19.2. The summed E-state index contributed by atoms with van der Waals surface area (Å²) < 4.78 is 26.3. The molecule has 1 aromatic carbocycles. The number of nitrogens with one attached hydrogen (secondary N) is 1. The van der Waals surface area contributed by atoms with Gasteiger partial charge in [0.25, 0.3) is 0 Å². The quantitative estimate of drug-likeness (QED) is 0.863. The largest absolute Gasteiger partial charge is 0.504 e. The average molecular weight is 240 g/mol. The van der Waals surface area contributed by atoms with Crippen molar-refractivity contribution in [2.75, 3.05) is 20.6 Å². The minimum atomic E-state index is -1.19. The first-order valence-electron chi connectivity index (χ1n) is 5.32. The molecule has 0 aliphatic rings. The molecule has 2 rings (SSSR count). The summed E-state index contributed by atoms with van der Waals surface area (Å²) in [5.41, 5.74) is 1.19. The maximum absolute atomic E-state index is 13.3. The fourth-order valence-electron chi connectivity index (χ4n) is 1.83. The molecule has 0 aliphatic heterocycles. The van der Waals surface area contributed by atoms with Gasteiger partial charge in [-0.2, -0.15) is 4.39 Å². The maximum atomic E-state index is 13.3. The number of fused-ring (bicyclic) bond motifs is 1. The monoisotopic (exact) mass is 240 g/mol. The molecule has 0 saturated carbocycles. The minimum absolute atomic E-state index is 0.366. The summed E-state index contributed by atoms with van der Waals surface area (Å²) in [5, 5.41) is 9.99. The first-order valence-corrected chi connectivity index (χ1v) is 5.32. The van der Waals surface area contributed by atoms with E-state index in [1.807, 2.05) is 19.0 Å². The van der Waals surface area contributed by atoms with Crippen LogP contribution in [0, 0.1) is 11.6 Å². The van der Waals surface area contributed by atoms with Gasteiger partial charge in [-0.25, -0.2) is 4.39 Å². The van der Waals surface area contributed by atoms with Crippen LogP contribution in [-0.4, -0.2) is 35.6 Å². The lowest BCUT2D eigenvalue weighted by Crippen LogP contribution is -2.14. The van der Waals surface area contributed by atoms with Crippen molar-refractivity contribution in [2.45, 2.75) is 6.42 Å². The Morgan fingerprint density at radius 2 is 2.06 bits per heavy atom. The van der Waals surface area contributed by atoms with Gasteiger partial charge in [0.1, 0.15) is 0 Å². The van der Waals surface area contributed by atoms with Gasteiger partial charge in [0.2, 0.25) is 5.82 Å². The van der Waals surface area contributed by atoms with Crippen LogP contribution in [0.5, 0.6) is 5.75 Å². The zero-order chi connectivity index (χ0) is 12.6. The van der Waals surface area contributed by atoms with E-state index < -0.39 is 17.4 Å². The molecule has 0 unspecified atom stereocenters. The fraction of sp³-hybridized carbons (Fsp3) is 0.333. The van der Waals surface area contributed by atoms with Crippen molar-refractivity contribution in [1.29, 1.82) is 0 Å². The Morgan fingerprint density at radius 1 is 1.35 bits per heavy atom. The lowest BCUT2D eigenvalue weighted by molar-refractivity contribution is 0.409. The summed E-state index contributed by atoms with van der Waals surface area (Å²) in [6.07, 6.45) is 2.33. The molecule has 0 saturated heterocycles. The molecule has 0 atom stereocenters. The molecule has 0 bridgehead atoms. The summed E-state index contributed by atoms with van der Waals surface area (Å²) >= 11 is 0. The number of aromatic hydroxyl groups is 1. The van der Waals surface area contributed by atoms with Crippen molar-refractivity contribution in [1.82, 2.24) is 9.88 Å². The third-order valence-corrected chi connectivity index (χ3v) is 2.75. The molecule has 1 aromatic heterocycles. The van der Waals surface area contributed by atoms with Crippen molar-refractivity contribution in [3.63, 3.8) is 0 Å². The van der Waals surface area contributed by atoms with E-state index in [4.69, 9.17) is 0 Å². The number of phenols is 1. The van der Waals surface area contributed by atoms with Gasteiger partial charge in [-0.3, -0.25) is 0 Å². The van der Waals surface area contributed by atoms with Crippen LogP contribution < -0.4 is 0 Å². The van der Waals surface area contributed by atoms with Gasteiger partial charge < -0.3 is 15.0 Å². The number of aromatic amines is 1. The highest BCUT2D eigenvalue weighted by Crippen LogP contribution is 2.32. The molecule has 0 radical (unpaired) electrons. The van der Waals surface area contributed by atoms with E-state index in [9.17, 15) is 13.9 Å². The summed E-state index contributed by atoms with van der Waals surface area (Å²) in [6, 6.07) is 1.06. The Labute approximate surface area is 97.7 Å². The van der Waals surface area contributed by atoms with Gasteiger partial charge in [-0.1, -0.05) is 0 Å². The van der Waals surface area contributed by atoms with Gasteiger partial charge in [0, 0.05) is 24.2 Å². The number of benzene rings is 1. The smallest absolute Gasteiger partial charge is 0.201 e. The first-order chi connectivity index (χ1) is 8.00. The number of halogens is 2. The molecule has 0 spiro atoms. The topological polar surface area (TPSA) is 39.3 Å². The molecule has 0 fully saturated rings. The number of hydrogen-bond donors (Lipinski definition) is 2. The number of H-pyrrole nitrogens is 1. The van der Waals surface area contributed by atoms with Gasteiger partial charge in [-0.05, 0) is 26.1 Å². The third-order valence-electron chi connectivity index (χ3n) is 2.75. The Hall–Kier alpha value is -1.62. The summed E-state index contributed by atoms with van der Waals surface area (Å²) in [4.78, 5) is 4.82. The Kier molecular flexibility index (Phi) is 3.02. The van der Waals surface area contributed by atoms with Gasteiger partial charge >= 0.3 is 0 Å². The molecule has 2 aromatic rings. The molecule has 5 heteroatoms. The number of aromatic nitrogens is 1. The third kappa shape index (κ3) is 2.10. The number of rotatable bonds is 3. The van der Waals surface area contributed by atoms with Crippen LogP contribution in [0.4, 0.5) is 8.78 Å². The van der Waals surface area contributed by atoms with Gasteiger partial charge in [0.15, 0.2) is 11.6 Å². The zero-order valence-electron chi connectivity index (χ0n) is 9.72. The first kappa shape index (κ1) is 11.9. The summed E-state index contributed by atoms with van der Waals surface area (Å²) in [7, 11) is 3.85. The molecule has 0 aliphatic carbocycles. The molecule has 0 amide bonds. The predicted octanol–water partition coefficient (Wildman–Crippen LogP) is 2.26. The average Bonchev–Trinajstić information content (AvgIpc) is 2.66. The van der Waals surface area contributed by atoms with E-state index in [1.165, 1.54) is 0 Å². The Morgan fingerprint density at radius 3 is 2.71 bits per heavy atom. The van der Waals surface area contributed by atoms with Crippen molar-refractivity contribution < 1.29 is 13.9 Å². The van der Waals surface area contributed by atoms with E-state index in [1.54, 1.807) is 6.20 Å². The van der Waals surface area contributed by atoms with Crippen LogP contribution in [0.1, 0.15) is 5.56 Å². The molecular formula is C12H14F2N2O. The summed E-state index contributed by atoms with van der Waals surface area (Å²) in [6.45, 7) is 0.769. The molecule has 1 heterocycles. The predicted molar refractivity (Wildman–Crippen MR) is 62.1 cm³/mol. The van der Waals surface area contributed by atoms with E-state index in [-0.39, 0.29) is 0 Å². The SMILES string of the molecule is CN(C)CCc1c[nH]c2cc(F)c(F)c(O)c12. The van der Waals surface area contributed by atoms with E-state index in [0.29, 0.717) is 17.3 Å². The number of hydrogen-bond acceptors (Lipinski definition) is 2. The minimum Gasteiger partial charge on any atom is -0.504 e. The molecule has 3 nitrogen and oxygen atoms in total. The van der Waals surface area contributed by atoms with Crippen molar-refractivity contribution in [3.05, 3.63) is 29.5 Å². The lowest BCUT2D eigenvalue weighted by atomic mass is 10.1. The van der Waals surface area contributed by atoms with Crippen LogP contribution in [0.3, 0.4) is 0 Å². The molecular weight excluding hydrogens is 226 g/mol. The van der Waals surface area contributed by atoms with Gasteiger partial charge in [-0.15, -0.1) is 0 Å². The summed E-state index contributed by atoms with van der Waals surface area (Å²) in [5.74, 6) is -2.85. The van der Waals surface area contributed by atoms with Crippen molar-refractivity contribution in [3.8, 4) is 5.75 Å². The standard InChI is InChI=1S/C12H14F2N2O/c1-16(2)4-3-7-6-15-9-5-8(13)11(14)12(17)10(7)9/h5-6,15,17H,3-4H2,1-2H3. The van der Waals surface area contributed by atoms with E-state index >= 15 is 0 Å². The molecule has 2 N–H and O–H groups in total. The normalized spacial score (nSPS) is 11.6. The maximum Gasteiger partial charge on any atom is 0.201 e. The van der Waals surface area contributed by atoms with Crippen LogP contribution in [0.15, 0.2) is 12.3 Å². The van der Waals surface area contributed by atoms with Crippen LogP contribution >= 0.6 is 0 Å². The second-order valence-corrected chi connectivity index (χ2v) is 4.31. The highest BCUT2D eigenvalue weighted by Gasteiger charge is 2.16. The van der Waals surface area contributed by atoms with Crippen molar-refractivity contribution >= 4 is 10.9 Å². The highest BCUT2D eigenvalue weighted by molar-refractivity contribution is 5.89. The van der Waals surface area contributed by atoms with E-state index in [0.717, 1.165) is 18.2 Å². The number of phenolic OH excluding ortho intramolecular Hbond substituents is 1. The van der Waals surface area contributed by atoms with Crippen LogP contribution in [0.25, 0.3) is 10.9 Å². The van der Waals surface area contributed by atoms with E-state index in [2.05, 4.69) is 4.98 Å².